The summed E-state index contributed by atoms with van der Waals surface area (Å²) in [4.78, 5) is 21.3. The lowest BCUT2D eigenvalue weighted by Crippen LogP contribution is -2.32. The van der Waals surface area contributed by atoms with Crippen molar-refractivity contribution in [2.45, 2.75) is 30.6 Å². The van der Waals surface area contributed by atoms with Crippen LogP contribution < -0.4 is 5.32 Å². The highest BCUT2D eigenvalue weighted by atomic mass is 32.2. The molecule has 3 aromatic rings. The highest BCUT2D eigenvalue weighted by molar-refractivity contribution is 7.98. The second-order valence-corrected chi connectivity index (χ2v) is 7.66. The van der Waals surface area contributed by atoms with E-state index in [2.05, 4.69) is 48.6 Å². The van der Waals surface area contributed by atoms with E-state index < -0.39 is 0 Å². The fourth-order valence-corrected chi connectivity index (χ4v) is 3.98. The molecular weight excluding hydrogens is 318 g/mol. The Kier molecular flexibility index (Phi) is 3.42. The van der Waals surface area contributed by atoms with Crippen molar-refractivity contribution in [3.05, 3.63) is 42.0 Å². The fraction of sp³-hybridized carbons (Fsp3) is 0.263. The number of H-pyrrole nitrogens is 1. The van der Waals surface area contributed by atoms with E-state index in [1.807, 2.05) is 18.2 Å². The van der Waals surface area contributed by atoms with Gasteiger partial charge in [-0.05, 0) is 30.0 Å². The zero-order valence-electron chi connectivity index (χ0n) is 13.9. The Morgan fingerprint density at radius 3 is 2.79 bits per heavy atom. The van der Waals surface area contributed by atoms with Gasteiger partial charge in [0.05, 0.1) is 11.0 Å². The molecule has 0 saturated heterocycles. The molecule has 0 fully saturated rings. The van der Waals surface area contributed by atoms with E-state index in [0.717, 1.165) is 33.7 Å². The zero-order chi connectivity index (χ0) is 16.9. The van der Waals surface area contributed by atoms with Crippen molar-refractivity contribution in [1.82, 2.24) is 9.97 Å². The first-order valence-corrected chi connectivity index (χ1v) is 9.18. The van der Waals surface area contributed by atoms with Crippen LogP contribution in [-0.2, 0) is 10.2 Å². The van der Waals surface area contributed by atoms with Crippen LogP contribution in [0.4, 0.5) is 5.69 Å². The van der Waals surface area contributed by atoms with Crippen LogP contribution in [0.15, 0.2) is 41.3 Å². The minimum Gasteiger partial charge on any atom is -0.338 e. The number of amides is 1. The summed E-state index contributed by atoms with van der Waals surface area (Å²) in [5.74, 6) is 0.928. The van der Waals surface area contributed by atoms with Crippen molar-refractivity contribution in [1.29, 1.82) is 0 Å². The molecule has 4 nitrogen and oxygen atoms in total. The first-order chi connectivity index (χ1) is 11.5. The number of rotatable bonds is 2. The number of carbonyl (C=O) groups is 1. The van der Waals surface area contributed by atoms with Gasteiger partial charge in [0.15, 0.2) is 0 Å². The monoisotopic (exact) mass is 337 g/mol. The topological polar surface area (TPSA) is 57.8 Å². The van der Waals surface area contributed by atoms with Crippen molar-refractivity contribution in [3.8, 4) is 11.4 Å². The number of nitrogens with zero attached hydrogens (tertiary/aromatic N) is 1. The molecule has 2 N–H and O–H groups in total. The summed E-state index contributed by atoms with van der Waals surface area (Å²) in [6.07, 6.45) is 2.57. The summed E-state index contributed by atoms with van der Waals surface area (Å²) in [5.41, 5.74) is 4.83. The van der Waals surface area contributed by atoms with Crippen LogP contribution in [0, 0.1) is 0 Å². The lowest BCUT2D eigenvalue weighted by molar-refractivity contribution is -0.117. The van der Waals surface area contributed by atoms with E-state index in [0.29, 0.717) is 6.42 Å². The number of anilines is 1. The molecule has 0 spiro atoms. The second kappa shape index (κ2) is 5.38. The smallest absolute Gasteiger partial charge is 0.225 e. The maximum absolute atomic E-state index is 11.9. The van der Waals surface area contributed by atoms with Crippen LogP contribution >= 0.6 is 11.8 Å². The Labute approximate surface area is 145 Å². The van der Waals surface area contributed by atoms with Gasteiger partial charge in [-0.15, -0.1) is 11.8 Å². The molecule has 5 heteroatoms. The number of imidazole rings is 1. The minimum atomic E-state index is -0.172. The minimum absolute atomic E-state index is 0.0651. The summed E-state index contributed by atoms with van der Waals surface area (Å²) in [6, 6.07) is 12.3. The van der Waals surface area contributed by atoms with Crippen LogP contribution in [0.5, 0.6) is 0 Å². The van der Waals surface area contributed by atoms with E-state index in [9.17, 15) is 4.79 Å². The Morgan fingerprint density at radius 1 is 1.21 bits per heavy atom. The molecule has 1 amide bonds. The van der Waals surface area contributed by atoms with Crippen LogP contribution in [0.1, 0.15) is 25.8 Å². The van der Waals surface area contributed by atoms with Gasteiger partial charge in [0, 0.05) is 28.0 Å². The molecule has 24 heavy (non-hydrogen) atoms. The maximum atomic E-state index is 11.9. The van der Waals surface area contributed by atoms with Crippen molar-refractivity contribution in [3.63, 3.8) is 0 Å². The lowest BCUT2D eigenvalue weighted by atomic mass is 9.78. The maximum Gasteiger partial charge on any atom is 0.225 e. The number of nitrogens with one attached hydrogen (secondary N) is 2. The molecule has 1 aliphatic rings. The quantitative estimate of drug-likeness (QED) is 0.673. The third kappa shape index (κ3) is 2.40. The zero-order valence-corrected chi connectivity index (χ0v) is 14.8. The number of carbonyl (C=O) groups excluding carboxylic acids is 1. The fourth-order valence-electron chi connectivity index (χ4n) is 3.38. The Morgan fingerprint density at radius 2 is 2.00 bits per heavy atom. The summed E-state index contributed by atoms with van der Waals surface area (Å²) >= 11 is 1.71. The average molecular weight is 337 g/mol. The number of thioether (sulfide) groups is 1. The molecule has 0 aliphatic carbocycles. The van der Waals surface area contributed by atoms with Gasteiger partial charge in [-0.25, -0.2) is 4.98 Å². The largest absolute Gasteiger partial charge is 0.338 e. The number of benzene rings is 2. The molecule has 2 aromatic carbocycles. The molecule has 0 atom stereocenters. The van der Waals surface area contributed by atoms with Crippen LogP contribution in [0.3, 0.4) is 0 Å². The van der Waals surface area contributed by atoms with Crippen molar-refractivity contribution < 1.29 is 4.79 Å². The van der Waals surface area contributed by atoms with Gasteiger partial charge < -0.3 is 10.3 Å². The van der Waals surface area contributed by atoms with Gasteiger partial charge in [-0.2, -0.15) is 0 Å². The molecule has 0 unspecified atom stereocenters. The predicted molar refractivity (Wildman–Crippen MR) is 99.6 cm³/mol. The third-order valence-corrected chi connectivity index (χ3v) is 5.38. The van der Waals surface area contributed by atoms with Gasteiger partial charge >= 0.3 is 0 Å². The number of fused-ring (bicyclic) bond motifs is 2. The van der Waals surface area contributed by atoms with E-state index >= 15 is 0 Å². The molecule has 1 aliphatic heterocycles. The first-order valence-electron chi connectivity index (χ1n) is 7.95. The Balaban J connectivity index is 1.90. The number of aromatic amines is 1. The molecule has 1 aromatic heterocycles. The van der Waals surface area contributed by atoms with Crippen LogP contribution in [0.25, 0.3) is 22.4 Å². The van der Waals surface area contributed by atoms with Gasteiger partial charge in [0.25, 0.3) is 0 Å². The van der Waals surface area contributed by atoms with Gasteiger partial charge in [-0.1, -0.05) is 32.0 Å². The summed E-state index contributed by atoms with van der Waals surface area (Å²) < 4.78 is 0. The third-order valence-electron chi connectivity index (χ3n) is 4.59. The van der Waals surface area contributed by atoms with Crippen molar-refractivity contribution >= 4 is 34.4 Å². The SMILES string of the molecule is CSc1ccccc1-c1nc2cc3c(cc2[nH]1)C(C)(C)CC(=O)N3. The number of hydrogen-bond acceptors (Lipinski definition) is 3. The van der Waals surface area contributed by atoms with Gasteiger partial charge in [-0.3, -0.25) is 4.79 Å². The molecule has 122 valence electrons. The molecule has 2 heterocycles. The number of aromatic nitrogens is 2. The van der Waals surface area contributed by atoms with Crippen molar-refractivity contribution in [2.75, 3.05) is 11.6 Å². The summed E-state index contributed by atoms with van der Waals surface area (Å²) in [5, 5.41) is 2.98. The molecular formula is C19H19N3OS. The standard InChI is InChI=1S/C19H19N3OS/c1-19(2)10-17(23)20-13-9-15-14(8-12(13)19)21-18(22-15)11-6-4-5-7-16(11)24-3/h4-9H,10H2,1-3H3,(H,20,23)(H,21,22). The lowest BCUT2D eigenvalue weighted by Gasteiger charge is -2.31. The number of hydrogen-bond donors (Lipinski definition) is 2. The van der Waals surface area contributed by atoms with Crippen molar-refractivity contribution in [2.24, 2.45) is 0 Å². The van der Waals surface area contributed by atoms with E-state index in [1.54, 1.807) is 11.8 Å². The van der Waals surface area contributed by atoms with Crippen LogP contribution in [0.2, 0.25) is 0 Å². The van der Waals surface area contributed by atoms with Gasteiger partial charge in [0.2, 0.25) is 5.91 Å². The normalized spacial score (nSPS) is 16.0. The molecule has 4 rings (SSSR count). The van der Waals surface area contributed by atoms with E-state index in [-0.39, 0.29) is 11.3 Å². The summed E-state index contributed by atoms with van der Waals surface area (Å²) in [6.45, 7) is 4.22. The average Bonchev–Trinajstić information content (AvgIpc) is 2.95. The Bertz CT molecular complexity index is 958. The van der Waals surface area contributed by atoms with E-state index in [4.69, 9.17) is 4.98 Å². The van der Waals surface area contributed by atoms with Crippen LogP contribution in [-0.4, -0.2) is 22.1 Å². The predicted octanol–water partition coefficient (Wildman–Crippen LogP) is 4.57. The first kappa shape index (κ1) is 15.3. The van der Waals surface area contributed by atoms with Gasteiger partial charge in [0.1, 0.15) is 5.82 Å². The van der Waals surface area contributed by atoms with E-state index in [1.165, 1.54) is 4.90 Å². The molecule has 0 saturated carbocycles. The highest BCUT2D eigenvalue weighted by Crippen LogP contribution is 2.39. The Hall–Kier alpha value is -2.27. The highest BCUT2D eigenvalue weighted by Gasteiger charge is 2.32. The molecule has 0 bridgehead atoms. The second-order valence-electron chi connectivity index (χ2n) is 6.81. The summed E-state index contributed by atoms with van der Waals surface area (Å²) in [7, 11) is 0. The molecule has 0 radical (unpaired) electrons.